The fraction of sp³-hybridized carbons (Fsp3) is 0.273. The molecule has 2 aromatic carbocycles. The Labute approximate surface area is 169 Å². The number of methoxy groups -OCH3 is 1. The second-order valence-corrected chi connectivity index (χ2v) is 6.50. The molecule has 0 amide bonds. The number of hydrogen-bond donors (Lipinski definition) is 4. The van der Waals surface area contributed by atoms with Gasteiger partial charge in [-0.3, -0.25) is 0 Å². The van der Waals surface area contributed by atoms with Crippen LogP contribution >= 0.6 is 0 Å². The number of aryl methyl sites for hydroxylation is 2. The second-order valence-electron chi connectivity index (χ2n) is 6.50. The maximum Gasteiger partial charge on any atom is 0.503 e. The normalized spacial score (nSPS) is 9.76. The first-order chi connectivity index (χ1) is 13.7. The van der Waals surface area contributed by atoms with Crippen LogP contribution in [-0.2, 0) is 19.3 Å². The Balaban J connectivity index is 0.000000960. The molecule has 0 unspecified atom stereocenters. The molecule has 0 heterocycles. The third kappa shape index (κ3) is 7.57. The van der Waals surface area contributed by atoms with E-state index in [1.807, 2.05) is 50.3 Å². The first kappa shape index (κ1) is 23.6. The zero-order valence-corrected chi connectivity index (χ0v) is 16.7. The van der Waals surface area contributed by atoms with Gasteiger partial charge in [0.2, 0.25) is 0 Å². The van der Waals surface area contributed by atoms with E-state index in [9.17, 15) is 15.0 Å². The number of benzene rings is 2. The van der Waals surface area contributed by atoms with Crippen LogP contribution in [0.2, 0.25) is 0 Å². The van der Waals surface area contributed by atoms with E-state index in [-0.39, 0.29) is 11.3 Å². The van der Waals surface area contributed by atoms with E-state index in [1.54, 1.807) is 6.07 Å². The minimum Gasteiger partial charge on any atom is -0.507 e. The summed E-state index contributed by atoms with van der Waals surface area (Å²) in [7, 11) is 1.53. The summed E-state index contributed by atoms with van der Waals surface area (Å²) in [5.41, 5.74) is 3.25. The summed E-state index contributed by atoms with van der Waals surface area (Å²) < 4.78 is 5.40. The van der Waals surface area contributed by atoms with Crippen molar-refractivity contribution >= 4 is 12.1 Å². The van der Waals surface area contributed by atoms with Gasteiger partial charge in [0.25, 0.3) is 0 Å². The molecule has 0 aromatic heterocycles. The Morgan fingerprint density at radius 2 is 1.62 bits per heavy atom. The van der Waals surface area contributed by atoms with Gasteiger partial charge in [0.15, 0.2) is 0 Å². The average Bonchev–Trinajstić information content (AvgIpc) is 2.64. The van der Waals surface area contributed by atoms with Crippen LogP contribution < -0.4 is 4.74 Å². The lowest BCUT2D eigenvalue weighted by molar-refractivity contribution is 0.0692. The summed E-state index contributed by atoms with van der Waals surface area (Å²) in [6, 6.07) is 11.6. The Kier molecular flexibility index (Phi) is 9.25. The summed E-state index contributed by atoms with van der Waals surface area (Å²) in [5, 5.41) is 34.1. The molecule has 0 saturated carbocycles. The molecule has 0 aliphatic rings. The lowest BCUT2D eigenvalue weighted by Crippen LogP contribution is -2.08. The van der Waals surface area contributed by atoms with E-state index < -0.39 is 12.1 Å². The highest BCUT2D eigenvalue weighted by atomic mass is 16.6. The first-order valence-electron chi connectivity index (χ1n) is 8.91. The van der Waals surface area contributed by atoms with Crippen LogP contribution in [0.4, 0.5) is 4.79 Å². The van der Waals surface area contributed by atoms with Crippen molar-refractivity contribution in [3.8, 4) is 11.5 Å². The molecule has 0 radical (unpaired) electrons. The van der Waals surface area contributed by atoms with E-state index in [0.717, 1.165) is 11.1 Å². The molecule has 2 rings (SSSR count). The molecule has 0 saturated heterocycles. The van der Waals surface area contributed by atoms with Crippen molar-refractivity contribution in [1.29, 1.82) is 0 Å². The van der Waals surface area contributed by atoms with Gasteiger partial charge >= 0.3 is 12.1 Å². The number of phenols is 1. The van der Waals surface area contributed by atoms with Crippen molar-refractivity contribution in [3.05, 3.63) is 70.3 Å². The smallest absolute Gasteiger partial charge is 0.503 e. The van der Waals surface area contributed by atoms with E-state index in [0.29, 0.717) is 36.1 Å². The first-order valence-corrected chi connectivity index (χ1v) is 8.91. The number of allylic oxidation sites excluding steroid dienone is 2. The van der Waals surface area contributed by atoms with Crippen molar-refractivity contribution in [2.45, 2.75) is 33.1 Å². The largest absolute Gasteiger partial charge is 0.507 e. The minimum atomic E-state index is -1.83. The third-order valence-corrected chi connectivity index (χ3v) is 4.12. The molecule has 0 bridgehead atoms. The van der Waals surface area contributed by atoms with Crippen LogP contribution in [0.25, 0.3) is 0 Å². The maximum absolute atomic E-state index is 11.7. The molecule has 0 atom stereocenters. The van der Waals surface area contributed by atoms with E-state index in [2.05, 4.69) is 0 Å². The number of rotatable bonds is 7. The second kappa shape index (κ2) is 11.4. The number of carboxylic acids is 1. The number of carboxylic acid groups (broad SMARTS) is 3. The summed E-state index contributed by atoms with van der Waals surface area (Å²) in [5.74, 6) is -0.808. The van der Waals surface area contributed by atoms with Gasteiger partial charge in [-0.25, -0.2) is 9.59 Å². The van der Waals surface area contributed by atoms with Crippen molar-refractivity contribution < 1.29 is 34.8 Å². The van der Waals surface area contributed by atoms with Crippen molar-refractivity contribution in [1.82, 2.24) is 0 Å². The lowest BCUT2D eigenvalue weighted by Gasteiger charge is -2.16. The van der Waals surface area contributed by atoms with Crippen LogP contribution in [0.3, 0.4) is 0 Å². The van der Waals surface area contributed by atoms with Gasteiger partial charge in [-0.05, 0) is 50.3 Å². The SMILES string of the molecule is COc1cc(CCc2ccccc2)c(C(=O)O)c(O)c1CC=C(C)C.O=C(O)O. The van der Waals surface area contributed by atoms with Crippen LogP contribution in [0.1, 0.15) is 40.9 Å². The van der Waals surface area contributed by atoms with Gasteiger partial charge in [-0.1, -0.05) is 42.0 Å². The van der Waals surface area contributed by atoms with Gasteiger partial charge in [0, 0.05) is 5.56 Å². The van der Waals surface area contributed by atoms with Gasteiger partial charge < -0.3 is 25.2 Å². The van der Waals surface area contributed by atoms with E-state index in [1.165, 1.54) is 7.11 Å². The molecule has 7 nitrogen and oxygen atoms in total. The summed E-state index contributed by atoms with van der Waals surface area (Å²) in [6.07, 6.45) is 1.74. The molecule has 0 spiro atoms. The average molecular weight is 402 g/mol. The van der Waals surface area contributed by atoms with Gasteiger partial charge in [0.05, 0.1) is 7.11 Å². The Morgan fingerprint density at radius 3 is 2.10 bits per heavy atom. The number of aromatic carboxylic acids is 1. The Morgan fingerprint density at radius 1 is 1.03 bits per heavy atom. The fourth-order valence-corrected chi connectivity index (χ4v) is 2.78. The quantitative estimate of drug-likeness (QED) is 0.498. The van der Waals surface area contributed by atoms with Crippen LogP contribution in [0.15, 0.2) is 48.0 Å². The molecule has 0 aliphatic heterocycles. The standard InChI is InChI=1S/C21H24O4.CH2O3/c1-14(2)9-12-17-18(25-3)13-16(19(20(17)22)21(23)24)11-10-15-7-5-4-6-8-15;2-1(3)4/h4-9,13,22H,10-12H2,1-3H3,(H,23,24);(H2,2,3,4). The number of carbonyl (C=O) groups is 2. The van der Waals surface area contributed by atoms with Crippen molar-refractivity contribution in [3.63, 3.8) is 0 Å². The highest BCUT2D eigenvalue weighted by molar-refractivity contribution is 5.93. The topological polar surface area (TPSA) is 124 Å². The fourth-order valence-electron chi connectivity index (χ4n) is 2.78. The molecule has 29 heavy (non-hydrogen) atoms. The molecular weight excluding hydrogens is 376 g/mol. The number of ether oxygens (including phenoxy) is 1. The summed E-state index contributed by atoms with van der Waals surface area (Å²) in [4.78, 5) is 20.3. The van der Waals surface area contributed by atoms with Crippen molar-refractivity contribution in [2.75, 3.05) is 7.11 Å². The highest BCUT2D eigenvalue weighted by Gasteiger charge is 2.22. The van der Waals surface area contributed by atoms with E-state index >= 15 is 0 Å². The highest BCUT2D eigenvalue weighted by Crippen LogP contribution is 2.36. The van der Waals surface area contributed by atoms with Gasteiger partial charge in [-0.15, -0.1) is 0 Å². The van der Waals surface area contributed by atoms with Crippen LogP contribution in [-0.4, -0.2) is 39.7 Å². The molecule has 2 aromatic rings. The number of aromatic hydroxyl groups is 1. The maximum atomic E-state index is 11.7. The lowest BCUT2D eigenvalue weighted by atomic mass is 9.94. The zero-order chi connectivity index (χ0) is 22.0. The van der Waals surface area contributed by atoms with Gasteiger partial charge in [0.1, 0.15) is 17.1 Å². The predicted molar refractivity (Wildman–Crippen MR) is 109 cm³/mol. The molecule has 7 heteroatoms. The number of hydrogen-bond acceptors (Lipinski definition) is 4. The minimum absolute atomic E-state index is 0.0334. The molecule has 156 valence electrons. The van der Waals surface area contributed by atoms with Gasteiger partial charge in [-0.2, -0.15) is 0 Å². The Bertz CT molecular complexity index is 862. The molecular formula is C22H26O7. The van der Waals surface area contributed by atoms with Crippen LogP contribution in [0.5, 0.6) is 11.5 Å². The van der Waals surface area contributed by atoms with Crippen LogP contribution in [0, 0.1) is 0 Å². The predicted octanol–water partition coefficient (Wildman–Crippen LogP) is 4.62. The molecule has 4 N–H and O–H groups in total. The monoisotopic (exact) mass is 402 g/mol. The summed E-state index contributed by atoms with van der Waals surface area (Å²) in [6.45, 7) is 3.91. The van der Waals surface area contributed by atoms with E-state index in [4.69, 9.17) is 19.7 Å². The summed E-state index contributed by atoms with van der Waals surface area (Å²) >= 11 is 0. The molecule has 0 aliphatic carbocycles. The molecule has 0 fully saturated rings. The Hall–Kier alpha value is -3.48. The third-order valence-electron chi connectivity index (χ3n) is 4.12. The van der Waals surface area contributed by atoms with Crippen molar-refractivity contribution in [2.24, 2.45) is 0 Å². The zero-order valence-electron chi connectivity index (χ0n) is 16.7.